The minimum Gasteiger partial charge on any atom is -0.337 e. The van der Waals surface area contributed by atoms with Crippen LogP contribution in [0.4, 0.5) is 0 Å². The van der Waals surface area contributed by atoms with Gasteiger partial charge < -0.3 is 4.90 Å². The van der Waals surface area contributed by atoms with E-state index < -0.39 is 0 Å². The summed E-state index contributed by atoms with van der Waals surface area (Å²) in [4.78, 5) is 17.9. The van der Waals surface area contributed by atoms with E-state index in [1.54, 1.807) is 30.3 Å². The van der Waals surface area contributed by atoms with E-state index in [9.17, 15) is 4.79 Å². The Morgan fingerprint density at radius 2 is 2.05 bits per heavy atom. The van der Waals surface area contributed by atoms with Crippen molar-refractivity contribution in [2.45, 2.75) is 6.54 Å². The van der Waals surface area contributed by atoms with E-state index >= 15 is 0 Å². The summed E-state index contributed by atoms with van der Waals surface area (Å²) >= 11 is 15.3. The van der Waals surface area contributed by atoms with Crippen LogP contribution >= 0.6 is 39.1 Å². The number of pyridine rings is 1. The van der Waals surface area contributed by atoms with Crippen LogP contribution in [0.2, 0.25) is 10.2 Å². The second-order valence-electron chi connectivity index (χ2n) is 4.24. The first kappa shape index (κ1) is 15.3. The van der Waals surface area contributed by atoms with Crippen LogP contribution in [0, 0.1) is 0 Å². The van der Waals surface area contributed by atoms with Gasteiger partial charge in [0.05, 0.1) is 5.56 Å². The first-order valence-corrected chi connectivity index (χ1v) is 7.34. The van der Waals surface area contributed by atoms with Crippen molar-refractivity contribution in [2.24, 2.45) is 0 Å². The molecule has 0 radical (unpaired) electrons. The Labute approximate surface area is 135 Å². The molecule has 2 aromatic rings. The van der Waals surface area contributed by atoms with Crippen LogP contribution in [-0.4, -0.2) is 22.8 Å². The Hall–Kier alpha value is -1.10. The molecule has 0 bridgehead atoms. The molecule has 1 heterocycles. The maximum Gasteiger partial charge on any atom is 0.257 e. The van der Waals surface area contributed by atoms with Crippen molar-refractivity contribution in [2.75, 3.05) is 7.05 Å². The van der Waals surface area contributed by atoms with Gasteiger partial charge in [-0.2, -0.15) is 0 Å². The van der Waals surface area contributed by atoms with Crippen molar-refractivity contribution < 1.29 is 4.79 Å². The van der Waals surface area contributed by atoms with Crippen LogP contribution in [0.3, 0.4) is 0 Å². The van der Waals surface area contributed by atoms with E-state index in [2.05, 4.69) is 20.9 Å². The fraction of sp³-hybridized carbons (Fsp3) is 0.143. The highest BCUT2D eigenvalue weighted by molar-refractivity contribution is 9.10. The minimum atomic E-state index is -0.205. The first-order chi connectivity index (χ1) is 9.49. The van der Waals surface area contributed by atoms with Crippen LogP contribution in [-0.2, 0) is 6.54 Å². The summed E-state index contributed by atoms with van der Waals surface area (Å²) in [6.45, 7) is 0.404. The number of hydrogen-bond donors (Lipinski definition) is 0. The quantitative estimate of drug-likeness (QED) is 0.746. The smallest absolute Gasteiger partial charge is 0.257 e. The lowest BCUT2D eigenvalue weighted by Gasteiger charge is -2.18. The third kappa shape index (κ3) is 3.51. The Balaban J connectivity index is 2.21. The lowest BCUT2D eigenvalue weighted by atomic mass is 10.2. The van der Waals surface area contributed by atoms with Gasteiger partial charge in [0.2, 0.25) is 0 Å². The number of nitrogens with zero attached hydrogens (tertiary/aromatic N) is 2. The van der Waals surface area contributed by atoms with Gasteiger partial charge >= 0.3 is 0 Å². The van der Waals surface area contributed by atoms with E-state index in [1.165, 1.54) is 0 Å². The van der Waals surface area contributed by atoms with Crippen molar-refractivity contribution >= 4 is 45.0 Å². The van der Waals surface area contributed by atoms with Gasteiger partial charge in [0.1, 0.15) is 5.15 Å². The van der Waals surface area contributed by atoms with Gasteiger partial charge in [-0.1, -0.05) is 41.4 Å². The third-order valence-electron chi connectivity index (χ3n) is 2.75. The number of amides is 1. The van der Waals surface area contributed by atoms with Gasteiger partial charge in [-0.05, 0) is 33.6 Å². The molecule has 0 saturated heterocycles. The summed E-state index contributed by atoms with van der Waals surface area (Å²) in [5.41, 5.74) is 1.24. The normalized spacial score (nSPS) is 10.4. The van der Waals surface area contributed by atoms with Crippen LogP contribution in [0.25, 0.3) is 0 Å². The summed E-state index contributed by atoms with van der Waals surface area (Å²) in [6.07, 6.45) is 1.55. The molecule has 1 aromatic heterocycles. The number of rotatable bonds is 3. The number of benzene rings is 1. The highest BCUT2D eigenvalue weighted by atomic mass is 79.9. The van der Waals surface area contributed by atoms with Crippen molar-refractivity contribution in [3.05, 3.63) is 62.3 Å². The van der Waals surface area contributed by atoms with Gasteiger partial charge in [0, 0.05) is 29.3 Å². The molecule has 0 aliphatic heterocycles. The lowest BCUT2D eigenvalue weighted by molar-refractivity contribution is 0.0785. The Morgan fingerprint density at radius 3 is 2.75 bits per heavy atom. The average molecular weight is 374 g/mol. The van der Waals surface area contributed by atoms with E-state index in [-0.39, 0.29) is 11.1 Å². The number of hydrogen-bond acceptors (Lipinski definition) is 2. The monoisotopic (exact) mass is 372 g/mol. The topological polar surface area (TPSA) is 33.2 Å². The van der Waals surface area contributed by atoms with Gasteiger partial charge in [-0.15, -0.1) is 0 Å². The molecule has 0 aliphatic carbocycles. The minimum absolute atomic E-state index is 0.184. The highest BCUT2D eigenvalue weighted by Gasteiger charge is 2.17. The molecule has 3 nitrogen and oxygen atoms in total. The van der Waals surface area contributed by atoms with Crippen molar-refractivity contribution in [1.82, 2.24) is 9.88 Å². The van der Waals surface area contributed by atoms with Gasteiger partial charge in [0.25, 0.3) is 5.91 Å². The van der Waals surface area contributed by atoms with Crippen LogP contribution < -0.4 is 0 Å². The van der Waals surface area contributed by atoms with Gasteiger partial charge in [0.15, 0.2) is 0 Å². The van der Waals surface area contributed by atoms with Crippen molar-refractivity contribution in [3.8, 4) is 0 Å². The molecule has 0 N–H and O–H groups in total. The zero-order chi connectivity index (χ0) is 14.7. The van der Waals surface area contributed by atoms with Gasteiger partial charge in [-0.3, -0.25) is 4.79 Å². The summed E-state index contributed by atoms with van der Waals surface area (Å²) in [7, 11) is 1.70. The molecule has 0 spiro atoms. The molecular weight excluding hydrogens is 363 g/mol. The summed E-state index contributed by atoms with van der Waals surface area (Å²) in [6, 6.07) is 9.06. The second-order valence-corrected chi connectivity index (χ2v) is 5.93. The summed E-state index contributed by atoms with van der Waals surface area (Å²) in [5, 5.41) is 0.815. The van der Waals surface area contributed by atoms with Crippen molar-refractivity contribution in [3.63, 3.8) is 0 Å². The molecule has 0 fully saturated rings. The lowest BCUT2D eigenvalue weighted by Crippen LogP contribution is -2.26. The predicted molar refractivity (Wildman–Crippen MR) is 84.2 cm³/mol. The van der Waals surface area contributed by atoms with E-state index in [0.29, 0.717) is 21.6 Å². The van der Waals surface area contributed by atoms with E-state index in [1.807, 2.05) is 18.2 Å². The molecule has 0 unspecified atom stereocenters. The summed E-state index contributed by atoms with van der Waals surface area (Å²) < 4.78 is 0.705. The van der Waals surface area contributed by atoms with Crippen LogP contribution in [0.5, 0.6) is 0 Å². The molecule has 20 heavy (non-hydrogen) atoms. The average Bonchev–Trinajstić information content (AvgIpc) is 2.43. The fourth-order valence-electron chi connectivity index (χ4n) is 1.73. The third-order valence-corrected chi connectivity index (χ3v) is 3.85. The number of halogens is 3. The molecule has 2 rings (SSSR count). The standard InChI is InChI=1S/C14H11BrCl2N2O/c1-19(8-9-4-2-3-5-12(9)16)14(20)11-6-10(15)7-18-13(11)17/h2-7H,8H2,1H3. The number of aromatic nitrogens is 1. The number of carbonyl (C=O) groups is 1. The Morgan fingerprint density at radius 1 is 1.35 bits per heavy atom. The maximum atomic E-state index is 12.4. The SMILES string of the molecule is CN(Cc1ccccc1Cl)C(=O)c1cc(Br)cnc1Cl. The fourth-order valence-corrected chi connectivity index (χ4v) is 2.44. The van der Waals surface area contributed by atoms with Crippen molar-refractivity contribution in [1.29, 1.82) is 0 Å². The molecule has 1 aromatic carbocycles. The predicted octanol–water partition coefficient (Wildman–Crippen LogP) is 4.42. The zero-order valence-electron chi connectivity index (χ0n) is 10.6. The summed E-state index contributed by atoms with van der Waals surface area (Å²) in [5.74, 6) is -0.205. The second kappa shape index (κ2) is 6.57. The van der Waals surface area contributed by atoms with Gasteiger partial charge in [-0.25, -0.2) is 4.98 Å². The van der Waals surface area contributed by atoms with Crippen LogP contribution in [0.15, 0.2) is 41.0 Å². The first-order valence-electron chi connectivity index (χ1n) is 5.79. The maximum absolute atomic E-state index is 12.4. The highest BCUT2D eigenvalue weighted by Crippen LogP contribution is 2.21. The molecular formula is C14H11BrCl2N2O. The largest absolute Gasteiger partial charge is 0.337 e. The Bertz CT molecular complexity index is 649. The number of carbonyl (C=O) groups excluding carboxylic acids is 1. The molecule has 0 aliphatic rings. The van der Waals surface area contributed by atoms with E-state index in [0.717, 1.165) is 5.56 Å². The Kier molecular flexibility index (Phi) is 5.02. The molecule has 6 heteroatoms. The molecule has 1 amide bonds. The van der Waals surface area contributed by atoms with Crippen LogP contribution in [0.1, 0.15) is 15.9 Å². The molecule has 0 saturated carbocycles. The molecule has 104 valence electrons. The zero-order valence-corrected chi connectivity index (χ0v) is 13.7. The molecule has 0 atom stereocenters. The van der Waals surface area contributed by atoms with E-state index in [4.69, 9.17) is 23.2 Å².